The average Bonchev–Trinajstić information content (AvgIpc) is 2.25. The maximum Gasteiger partial charge on any atom is 0.229 e. The molecule has 2 radical (unpaired) electrons. The Kier molecular flexibility index (Phi) is 6.37. The van der Waals surface area contributed by atoms with E-state index in [9.17, 15) is 0 Å². The van der Waals surface area contributed by atoms with E-state index in [4.69, 9.17) is 4.43 Å². The Labute approximate surface area is 89.4 Å². The Morgan fingerprint density at radius 1 is 1.21 bits per heavy atom. The van der Waals surface area contributed by atoms with Gasteiger partial charge >= 0.3 is 0 Å². The van der Waals surface area contributed by atoms with E-state index in [1.807, 2.05) is 6.07 Å². The van der Waals surface area contributed by atoms with Gasteiger partial charge in [0.05, 0.1) is 0 Å². The average molecular weight is 206 g/mol. The van der Waals surface area contributed by atoms with Gasteiger partial charge < -0.3 is 4.43 Å². The molecule has 0 saturated heterocycles. The summed E-state index contributed by atoms with van der Waals surface area (Å²) < 4.78 is 5.57. The highest BCUT2D eigenvalue weighted by molar-refractivity contribution is 6.26. The van der Waals surface area contributed by atoms with Gasteiger partial charge in [-0.25, -0.2) is 0 Å². The van der Waals surface area contributed by atoms with Crippen LogP contribution in [0.15, 0.2) is 30.3 Å². The second kappa shape index (κ2) is 7.77. The number of unbranched alkanes of at least 4 members (excludes halogenated alkanes) is 1. The lowest BCUT2D eigenvalue weighted by Gasteiger charge is -2.02. The lowest BCUT2D eigenvalue weighted by molar-refractivity contribution is 0.339. The highest BCUT2D eigenvalue weighted by Gasteiger charge is 1.93. The minimum Gasteiger partial charge on any atom is -0.417 e. The minimum atomic E-state index is 0.691. The molecule has 1 aromatic rings. The van der Waals surface area contributed by atoms with Crippen molar-refractivity contribution in [2.24, 2.45) is 0 Å². The topological polar surface area (TPSA) is 9.23 Å². The van der Waals surface area contributed by atoms with Crippen molar-refractivity contribution >= 4 is 9.76 Å². The molecule has 0 aliphatic rings. The van der Waals surface area contributed by atoms with Crippen molar-refractivity contribution in [2.45, 2.75) is 32.2 Å². The quantitative estimate of drug-likeness (QED) is 0.492. The van der Waals surface area contributed by atoms with Gasteiger partial charge in [-0.15, -0.1) is 0 Å². The van der Waals surface area contributed by atoms with Gasteiger partial charge in [-0.05, 0) is 18.0 Å². The Balaban J connectivity index is 1.99. The lowest BCUT2D eigenvalue weighted by Crippen LogP contribution is -2.02. The molecule has 1 aromatic carbocycles. The first-order chi connectivity index (χ1) is 6.93. The van der Waals surface area contributed by atoms with Crippen LogP contribution in [0.5, 0.6) is 0 Å². The van der Waals surface area contributed by atoms with Gasteiger partial charge in [0.15, 0.2) is 0 Å². The fourth-order valence-electron chi connectivity index (χ4n) is 1.21. The molecule has 0 aliphatic carbocycles. The number of hydrogen-bond acceptors (Lipinski definition) is 1. The molecule has 0 heterocycles. The fraction of sp³-hybridized carbons (Fsp3) is 0.500. The van der Waals surface area contributed by atoms with Crippen molar-refractivity contribution in [3.63, 3.8) is 0 Å². The van der Waals surface area contributed by atoms with Crippen LogP contribution in [-0.4, -0.2) is 16.4 Å². The molecule has 14 heavy (non-hydrogen) atoms. The predicted molar refractivity (Wildman–Crippen MR) is 61.6 cm³/mol. The van der Waals surface area contributed by atoms with Crippen LogP contribution in [0.2, 0.25) is 6.04 Å². The van der Waals surface area contributed by atoms with E-state index in [2.05, 4.69) is 31.2 Å². The second-order valence-electron chi connectivity index (χ2n) is 3.33. The summed E-state index contributed by atoms with van der Waals surface area (Å²) in [6.07, 6.45) is 3.61. The summed E-state index contributed by atoms with van der Waals surface area (Å²) in [5, 5.41) is 0. The zero-order chi connectivity index (χ0) is 10.1. The van der Waals surface area contributed by atoms with E-state index < -0.39 is 0 Å². The first kappa shape index (κ1) is 11.5. The van der Waals surface area contributed by atoms with E-state index in [0.717, 1.165) is 13.0 Å². The van der Waals surface area contributed by atoms with Gasteiger partial charge in [-0.2, -0.15) is 0 Å². The molecular weight excluding hydrogens is 188 g/mol. The van der Waals surface area contributed by atoms with E-state index in [0.29, 0.717) is 9.76 Å². The Hall–Kier alpha value is -0.603. The van der Waals surface area contributed by atoms with Crippen LogP contribution in [0.1, 0.15) is 25.3 Å². The van der Waals surface area contributed by atoms with E-state index in [1.165, 1.54) is 24.4 Å². The number of hydrogen-bond donors (Lipinski definition) is 0. The fourth-order valence-corrected chi connectivity index (χ4v) is 2.10. The van der Waals surface area contributed by atoms with Crippen LogP contribution < -0.4 is 0 Å². The van der Waals surface area contributed by atoms with Crippen molar-refractivity contribution in [2.75, 3.05) is 6.61 Å². The van der Waals surface area contributed by atoms with Crippen molar-refractivity contribution in [3.05, 3.63) is 35.9 Å². The third kappa shape index (κ3) is 5.20. The molecule has 0 N–H and O–H groups in total. The highest BCUT2D eigenvalue weighted by Crippen LogP contribution is 2.00. The summed E-state index contributed by atoms with van der Waals surface area (Å²) in [6, 6.07) is 11.7. The highest BCUT2D eigenvalue weighted by atomic mass is 28.2. The van der Waals surface area contributed by atoms with Gasteiger partial charge in [-0.3, -0.25) is 0 Å². The number of rotatable bonds is 7. The van der Waals surface area contributed by atoms with Gasteiger partial charge in [0.1, 0.15) is 0 Å². The summed E-state index contributed by atoms with van der Waals surface area (Å²) in [5.41, 5.74) is 1.37. The van der Waals surface area contributed by atoms with Crippen LogP contribution in [-0.2, 0) is 10.8 Å². The third-order valence-electron chi connectivity index (χ3n) is 2.07. The zero-order valence-corrected chi connectivity index (χ0v) is 9.83. The number of benzene rings is 1. The van der Waals surface area contributed by atoms with Gasteiger partial charge in [0.2, 0.25) is 9.76 Å². The van der Waals surface area contributed by atoms with Crippen LogP contribution in [0.3, 0.4) is 0 Å². The molecule has 0 unspecified atom stereocenters. The summed E-state index contributed by atoms with van der Waals surface area (Å²) in [4.78, 5) is 0. The summed E-state index contributed by atoms with van der Waals surface area (Å²) >= 11 is 0. The molecule has 0 saturated carbocycles. The van der Waals surface area contributed by atoms with E-state index >= 15 is 0 Å². The molecule has 0 fully saturated rings. The van der Waals surface area contributed by atoms with Crippen molar-refractivity contribution < 1.29 is 4.43 Å². The van der Waals surface area contributed by atoms with E-state index in [1.54, 1.807) is 0 Å². The molecule has 1 rings (SSSR count). The van der Waals surface area contributed by atoms with Crippen molar-refractivity contribution in [1.82, 2.24) is 0 Å². The van der Waals surface area contributed by atoms with Crippen molar-refractivity contribution in [1.29, 1.82) is 0 Å². The van der Waals surface area contributed by atoms with E-state index in [-0.39, 0.29) is 0 Å². The van der Waals surface area contributed by atoms with Gasteiger partial charge in [0.25, 0.3) is 0 Å². The molecule has 0 aliphatic heterocycles. The van der Waals surface area contributed by atoms with Crippen LogP contribution in [0, 0.1) is 0 Å². The predicted octanol–water partition coefficient (Wildman–Crippen LogP) is 3.08. The van der Waals surface area contributed by atoms with Crippen LogP contribution >= 0.6 is 0 Å². The molecule has 1 nitrogen and oxygen atoms in total. The van der Waals surface area contributed by atoms with Gasteiger partial charge in [-0.1, -0.05) is 50.1 Å². The zero-order valence-electron chi connectivity index (χ0n) is 8.83. The minimum absolute atomic E-state index is 0.691. The third-order valence-corrected chi connectivity index (χ3v) is 3.04. The molecule has 0 atom stereocenters. The molecule has 0 aromatic heterocycles. The van der Waals surface area contributed by atoms with Gasteiger partial charge in [0, 0.05) is 6.61 Å². The first-order valence-electron chi connectivity index (χ1n) is 5.32. The summed E-state index contributed by atoms with van der Waals surface area (Å²) in [6.45, 7) is 3.08. The summed E-state index contributed by atoms with van der Waals surface area (Å²) in [7, 11) is 0.691. The standard InChI is InChI=1S/C12H18OSi/c1-2-3-11-14-13-10-9-12-7-5-4-6-8-12/h4-8H,2-3,9-11H2,1H3. The van der Waals surface area contributed by atoms with Crippen LogP contribution in [0.4, 0.5) is 0 Å². The Morgan fingerprint density at radius 2 is 2.00 bits per heavy atom. The molecule has 76 valence electrons. The lowest BCUT2D eigenvalue weighted by atomic mass is 10.2. The molecule has 2 heteroatoms. The smallest absolute Gasteiger partial charge is 0.229 e. The Morgan fingerprint density at radius 3 is 2.71 bits per heavy atom. The van der Waals surface area contributed by atoms with Crippen molar-refractivity contribution in [3.8, 4) is 0 Å². The molecular formula is C12H18OSi. The molecule has 0 amide bonds. The largest absolute Gasteiger partial charge is 0.417 e. The first-order valence-corrected chi connectivity index (χ1v) is 6.43. The Bertz CT molecular complexity index is 223. The maximum absolute atomic E-state index is 5.57. The second-order valence-corrected chi connectivity index (χ2v) is 4.41. The normalized spacial score (nSPS) is 10.4. The SMILES string of the molecule is CCCC[Si]OCCc1ccccc1. The molecule has 0 spiro atoms. The molecule has 0 bridgehead atoms. The monoisotopic (exact) mass is 206 g/mol. The summed E-state index contributed by atoms with van der Waals surface area (Å²) in [5.74, 6) is 0. The van der Waals surface area contributed by atoms with Crippen LogP contribution in [0.25, 0.3) is 0 Å². The maximum atomic E-state index is 5.57.